The monoisotopic (exact) mass is 245 g/mol. The zero-order valence-corrected chi connectivity index (χ0v) is 10.7. The van der Waals surface area contributed by atoms with Gasteiger partial charge in [0.15, 0.2) is 5.12 Å². The van der Waals surface area contributed by atoms with Crippen molar-refractivity contribution in [3.63, 3.8) is 0 Å². The highest BCUT2D eigenvalue weighted by atomic mass is 32.2. The van der Waals surface area contributed by atoms with Crippen LogP contribution in [0.2, 0.25) is 0 Å². The van der Waals surface area contributed by atoms with E-state index in [1.165, 1.54) is 11.8 Å². The molecule has 1 aliphatic rings. The van der Waals surface area contributed by atoms with Gasteiger partial charge in [0.2, 0.25) is 0 Å². The lowest BCUT2D eigenvalue weighted by atomic mass is 10.0. The summed E-state index contributed by atoms with van der Waals surface area (Å²) < 4.78 is 5.07. The van der Waals surface area contributed by atoms with Crippen LogP contribution in [0.5, 0.6) is 0 Å². The first kappa shape index (κ1) is 13.4. The highest BCUT2D eigenvalue weighted by Gasteiger charge is 2.31. The molecule has 0 saturated carbocycles. The van der Waals surface area contributed by atoms with Crippen molar-refractivity contribution in [2.75, 3.05) is 25.4 Å². The van der Waals surface area contributed by atoms with Crippen molar-refractivity contribution in [1.29, 1.82) is 0 Å². The summed E-state index contributed by atoms with van der Waals surface area (Å²) in [6, 6.07) is 0. The first-order valence-corrected chi connectivity index (χ1v) is 6.67. The van der Waals surface area contributed by atoms with Crippen molar-refractivity contribution in [3.05, 3.63) is 0 Å². The first-order chi connectivity index (χ1) is 7.63. The maximum absolute atomic E-state index is 11.4. The minimum Gasteiger partial charge on any atom is -0.449 e. The van der Waals surface area contributed by atoms with Gasteiger partial charge in [0.1, 0.15) is 0 Å². The number of likely N-dealkylation sites (tertiary alicyclic amines) is 1. The van der Waals surface area contributed by atoms with Crippen molar-refractivity contribution in [1.82, 2.24) is 4.90 Å². The van der Waals surface area contributed by atoms with Crippen LogP contribution in [0.4, 0.5) is 4.79 Å². The van der Waals surface area contributed by atoms with Crippen LogP contribution in [-0.2, 0) is 9.53 Å². The average Bonchev–Trinajstić information content (AvgIpc) is 2.15. The van der Waals surface area contributed by atoms with E-state index in [1.54, 1.807) is 11.8 Å². The Morgan fingerprint density at radius 2 is 2.12 bits per heavy atom. The van der Waals surface area contributed by atoms with Gasteiger partial charge in [0, 0.05) is 31.7 Å². The van der Waals surface area contributed by atoms with Gasteiger partial charge in [0.25, 0.3) is 0 Å². The topological polar surface area (TPSA) is 46.6 Å². The summed E-state index contributed by atoms with van der Waals surface area (Å²) in [5, 5.41) is 0.143. The second-order valence-electron chi connectivity index (χ2n) is 4.04. The molecule has 0 bridgehead atoms. The lowest BCUT2D eigenvalue weighted by Crippen LogP contribution is -2.51. The van der Waals surface area contributed by atoms with E-state index in [0.717, 1.165) is 31.7 Å². The second-order valence-corrected chi connectivity index (χ2v) is 5.24. The minimum atomic E-state index is -0.211. The normalized spacial score (nSPS) is 15.8. The Balaban J connectivity index is 2.06. The van der Waals surface area contributed by atoms with Gasteiger partial charge in [-0.3, -0.25) is 4.79 Å². The summed E-state index contributed by atoms with van der Waals surface area (Å²) in [5.41, 5.74) is 0. The molecule has 0 aromatic heterocycles. The summed E-state index contributed by atoms with van der Waals surface area (Å²) in [4.78, 5) is 23.8. The van der Waals surface area contributed by atoms with Crippen LogP contribution < -0.4 is 0 Å². The Labute approximate surface area is 101 Å². The van der Waals surface area contributed by atoms with Crippen LogP contribution in [-0.4, -0.2) is 41.6 Å². The van der Waals surface area contributed by atoms with Gasteiger partial charge in [-0.2, -0.15) is 0 Å². The lowest BCUT2D eigenvalue weighted by Gasteiger charge is -2.37. The lowest BCUT2D eigenvalue weighted by molar-refractivity contribution is -0.109. The Hall–Kier alpha value is -0.710. The molecule has 1 saturated heterocycles. The number of hydrogen-bond donors (Lipinski definition) is 0. The van der Waals surface area contributed by atoms with E-state index in [-0.39, 0.29) is 11.2 Å². The van der Waals surface area contributed by atoms with Gasteiger partial charge in [-0.1, -0.05) is 25.1 Å². The van der Waals surface area contributed by atoms with Gasteiger partial charge < -0.3 is 9.64 Å². The van der Waals surface area contributed by atoms with Crippen LogP contribution in [0.1, 0.15) is 26.7 Å². The number of hydrogen-bond acceptors (Lipinski definition) is 4. The molecule has 1 amide bonds. The Kier molecular flexibility index (Phi) is 5.66. The number of amides is 1. The molecule has 0 N–H and O–H groups in total. The molecule has 1 heterocycles. The number of ether oxygens (including phenoxy) is 1. The highest BCUT2D eigenvalue weighted by Crippen LogP contribution is 2.21. The van der Waals surface area contributed by atoms with Crippen LogP contribution in [0.25, 0.3) is 0 Å². The maximum atomic E-state index is 11.4. The van der Waals surface area contributed by atoms with Gasteiger partial charge in [-0.15, -0.1) is 0 Å². The van der Waals surface area contributed by atoms with Crippen molar-refractivity contribution < 1.29 is 14.3 Å². The first-order valence-electron chi connectivity index (χ1n) is 5.68. The van der Waals surface area contributed by atoms with E-state index in [9.17, 15) is 9.59 Å². The van der Waals surface area contributed by atoms with Crippen LogP contribution >= 0.6 is 11.8 Å². The summed E-state index contributed by atoms with van der Waals surface area (Å²) >= 11 is 1.33. The van der Waals surface area contributed by atoms with Gasteiger partial charge in [-0.05, 0) is 6.42 Å². The van der Waals surface area contributed by atoms with E-state index >= 15 is 0 Å². The number of carbonyl (C=O) groups is 2. The molecule has 0 aliphatic carbocycles. The average molecular weight is 245 g/mol. The molecule has 0 unspecified atom stereocenters. The highest BCUT2D eigenvalue weighted by molar-refractivity contribution is 8.13. The molecule has 0 aromatic rings. The number of unbranched alkanes of at least 4 members (excludes halogenated alkanes) is 1. The molecule has 92 valence electrons. The molecule has 16 heavy (non-hydrogen) atoms. The second kappa shape index (κ2) is 6.78. The van der Waals surface area contributed by atoms with Gasteiger partial charge >= 0.3 is 6.09 Å². The van der Waals surface area contributed by atoms with E-state index in [2.05, 4.69) is 6.92 Å². The molecule has 1 rings (SSSR count). The fraction of sp³-hybridized carbons (Fsp3) is 0.818. The molecular formula is C11H19NO3S. The Morgan fingerprint density at radius 1 is 1.44 bits per heavy atom. The summed E-state index contributed by atoms with van der Waals surface area (Å²) in [6.07, 6.45) is 1.74. The predicted octanol–water partition coefficient (Wildman–Crippen LogP) is 2.13. The number of rotatable bonds is 5. The third-order valence-corrected chi connectivity index (χ3v) is 3.51. The number of thioether (sulfide) groups is 1. The fourth-order valence-corrected chi connectivity index (χ4v) is 2.14. The molecule has 4 nitrogen and oxygen atoms in total. The third kappa shape index (κ3) is 4.43. The van der Waals surface area contributed by atoms with Crippen LogP contribution in [0.15, 0.2) is 0 Å². The van der Waals surface area contributed by atoms with Crippen LogP contribution in [0.3, 0.4) is 0 Å². The molecule has 5 heteroatoms. The quantitative estimate of drug-likeness (QED) is 0.696. The fourth-order valence-electron chi connectivity index (χ4n) is 1.45. The number of nitrogens with zero attached hydrogens (tertiary/aromatic N) is 1. The van der Waals surface area contributed by atoms with Gasteiger partial charge in [-0.25, -0.2) is 4.79 Å². The molecule has 1 aliphatic heterocycles. The molecule has 1 fully saturated rings. The molecule has 0 atom stereocenters. The molecule has 0 aromatic carbocycles. The summed E-state index contributed by atoms with van der Waals surface area (Å²) in [7, 11) is 0. The zero-order valence-electron chi connectivity index (χ0n) is 9.90. The van der Waals surface area contributed by atoms with Crippen molar-refractivity contribution in [3.8, 4) is 0 Å². The van der Waals surface area contributed by atoms with Crippen molar-refractivity contribution >= 4 is 23.0 Å². The standard InChI is InChI=1S/C11H19NO3S/c1-3-4-5-15-11(14)12-6-10(7-12)8-16-9(2)13/h10H,3-8H2,1-2H3. The van der Waals surface area contributed by atoms with Crippen molar-refractivity contribution in [2.24, 2.45) is 5.92 Å². The predicted molar refractivity (Wildman–Crippen MR) is 64.5 cm³/mol. The third-order valence-electron chi connectivity index (χ3n) is 2.46. The summed E-state index contributed by atoms with van der Waals surface area (Å²) in [6.45, 7) is 5.60. The van der Waals surface area contributed by atoms with Gasteiger partial charge in [0.05, 0.1) is 6.61 Å². The Morgan fingerprint density at radius 3 is 2.69 bits per heavy atom. The molecular weight excluding hydrogens is 226 g/mol. The van der Waals surface area contributed by atoms with Crippen LogP contribution in [0, 0.1) is 5.92 Å². The van der Waals surface area contributed by atoms with E-state index < -0.39 is 0 Å². The van der Waals surface area contributed by atoms with Crippen molar-refractivity contribution in [2.45, 2.75) is 26.7 Å². The maximum Gasteiger partial charge on any atom is 0.409 e. The van der Waals surface area contributed by atoms with E-state index in [0.29, 0.717) is 12.5 Å². The smallest absolute Gasteiger partial charge is 0.409 e. The largest absolute Gasteiger partial charge is 0.449 e. The number of carbonyl (C=O) groups excluding carboxylic acids is 2. The van der Waals surface area contributed by atoms with E-state index in [1.807, 2.05) is 0 Å². The Bertz CT molecular complexity index is 252. The SMILES string of the molecule is CCCCOC(=O)N1CC(CSC(C)=O)C1. The zero-order chi connectivity index (χ0) is 12.0. The molecule has 0 radical (unpaired) electrons. The molecule has 0 spiro atoms. The minimum absolute atomic E-state index is 0.143. The summed E-state index contributed by atoms with van der Waals surface area (Å²) in [5.74, 6) is 1.27. The van der Waals surface area contributed by atoms with E-state index in [4.69, 9.17) is 4.74 Å².